The number of hydrogen-bond donors (Lipinski definition) is 0. The molecule has 0 aromatic carbocycles. The number of hydrogen-bond acceptors (Lipinski definition) is 3. The average molecular weight is 407 g/mol. The Labute approximate surface area is 135 Å². The normalized spacial score (nSPS) is 25.4. The van der Waals surface area contributed by atoms with Crippen LogP contribution in [0, 0.1) is 0 Å². The van der Waals surface area contributed by atoms with Crippen molar-refractivity contribution in [2.45, 2.75) is 103 Å². The molecular formula is C17H36O3Sn. The summed E-state index contributed by atoms with van der Waals surface area (Å²) in [5, 5.41) is 5.07. The van der Waals surface area contributed by atoms with E-state index in [0.29, 0.717) is 0 Å². The van der Waals surface area contributed by atoms with Gasteiger partial charge in [-0.3, -0.25) is 0 Å². The van der Waals surface area contributed by atoms with E-state index in [1.54, 1.807) is 0 Å². The summed E-state index contributed by atoms with van der Waals surface area (Å²) < 4.78 is 4.02. The van der Waals surface area contributed by atoms with Crippen LogP contribution in [0.3, 0.4) is 0 Å². The van der Waals surface area contributed by atoms with Gasteiger partial charge in [-0.2, -0.15) is 0 Å². The summed E-state index contributed by atoms with van der Waals surface area (Å²) in [7, 11) is 0. The first-order valence-corrected chi connectivity index (χ1v) is 16.4. The van der Waals surface area contributed by atoms with Gasteiger partial charge in [0.25, 0.3) is 0 Å². The van der Waals surface area contributed by atoms with Gasteiger partial charge in [0.05, 0.1) is 0 Å². The van der Waals surface area contributed by atoms with Crippen LogP contribution >= 0.6 is 0 Å². The van der Waals surface area contributed by atoms with Crippen molar-refractivity contribution in [2.75, 3.05) is 0 Å². The molecular weight excluding hydrogens is 371 g/mol. The van der Waals surface area contributed by atoms with Crippen molar-refractivity contribution in [3.8, 4) is 0 Å². The van der Waals surface area contributed by atoms with Crippen LogP contribution in [-0.2, 0) is 14.8 Å². The summed E-state index contributed by atoms with van der Waals surface area (Å²) in [6.45, 7) is 13.5. The molecule has 1 unspecified atom stereocenters. The van der Waals surface area contributed by atoms with E-state index in [2.05, 4.69) is 41.5 Å². The summed E-state index contributed by atoms with van der Waals surface area (Å²) in [5.74, 6) is 0. The third-order valence-electron chi connectivity index (χ3n) is 5.63. The number of rotatable bonds is 10. The topological polar surface area (TPSA) is 27.7 Å². The van der Waals surface area contributed by atoms with Crippen LogP contribution in [0.2, 0.25) is 13.3 Å². The van der Waals surface area contributed by atoms with Crippen LogP contribution in [0.5, 0.6) is 0 Å². The van der Waals surface area contributed by atoms with Crippen LogP contribution in [0.1, 0.15) is 80.1 Å². The van der Waals surface area contributed by atoms with E-state index in [0.717, 1.165) is 0 Å². The van der Waals surface area contributed by atoms with Crippen molar-refractivity contribution in [2.24, 2.45) is 0 Å². The van der Waals surface area contributed by atoms with Gasteiger partial charge >= 0.3 is 136 Å². The molecule has 1 rings (SSSR count). The Kier molecular flexibility index (Phi) is 7.99. The van der Waals surface area contributed by atoms with Crippen LogP contribution in [-0.4, -0.2) is 27.6 Å². The average Bonchev–Trinajstić information content (AvgIpc) is 2.73. The molecule has 4 heteroatoms. The molecule has 126 valence electrons. The van der Waals surface area contributed by atoms with Crippen molar-refractivity contribution in [3.63, 3.8) is 0 Å². The molecule has 0 N–H and O–H groups in total. The zero-order valence-electron chi connectivity index (χ0n) is 15.1. The summed E-state index contributed by atoms with van der Waals surface area (Å²) in [6, 6.07) is 0. The van der Waals surface area contributed by atoms with E-state index in [4.69, 9.17) is 14.8 Å². The fourth-order valence-electron chi connectivity index (χ4n) is 3.71. The van der Waals surface area contributed by atoms with Gasteiger partial charge in [-0.25, -0.2) is 0 Å². The van der Waals surface area contributed by atoms with Crippen molar-refractivity contribution in [1.82, 2.24) is 0 Å². The van der Waals surface area contributed by atoms with Crippen LogP contribution in [0.4, 0.5) is 0 Å². The van der Waals surface area contributed by atoms with E-state index >= 15 is 0 Å². The zero-order chi connectivity index (χ0) is 16.0. The second-order valence-electron chi connectivity index (χ2n) is 7.37. The maximum atomic E-state index is 5.88. The second kappa shape index (κ2) is 8.51. The van der Waals surface area contributed by atoms with Crippen molar-refractivity contribution in [1.29, 1.82) is 0 Å². The Balaban J connectivity index is 3.11. The molecule has 1 atom stereocenters. The molecule has 0 bridgehead atoms. The van der Waals surface area contributed by atoms with Gasteiger partial charge in [0.2, 0.25) is 0 Å². The molecule has 1 aliphatic heterocycles. The third-order valence-corrected chi connectivity index (χ3v) is 24.6. The van der Waals surface area contributed by atoms with Gasteiger partial charge in [0.1, 0.15) is 0 Å². The van der Waals surface area contributed by atoms with Crippen LogP contribution in [0.15, 0.2) is 0 Å². The Morgan fingerprint density at radius 2 is 1.14 bits per heavy atom. The fourth-order valence-corrected chi connectivity index (χ4v) is 23.1. The van der Waals surface area contributed by atoms with E-state index < -0.39 is 18.4 Å². The molecule has 0 aliphatic carbocycles. The minimum absolute atomic E-state index is 0.179. The van der Waals surface area contributed by atoms with Crippen molar-refractivity contribution in [3.05, 3.63) is 0 Å². The van der Waals surface area contributed by atoms with Crippen LogP contribution < -0.4 is 0 Å². The molecule has 1 saturated heterocycles. The maximum absolute atomic E-state index is 5.88. The van der Waals surface area contributed by atoms with Gasteiger partial charge in [0, 0.05) is 0 Å². The molecule has 1 heterocycles. The summed E-state index contributed by atoms with van der Waals surface area (Å²) in [6.07, 6.45) is 7.81. The predicted octanol–water partition coefficient (Wildman–Crippen LogP) is 5.81. The van der Waals surface area contributed by atoms with Crippen LogP contribution in [0.25, 0.3) is 0 Å². The monoisotopic (exact) mass is 408 g/mol. The first-order valence-electron chi connectivity index (χ1n) is 8.92. The summed E-state index contributed by atoms with van der Waals surface area (Å²) in [4.78, 5) is 11.4. The third kappa shape index (κ3) is 4.15. The minimum atomic E-state index is -2.57. The zero-order valence-corrected chi connectivity index (χ0v) is 17.9. The van der Waals surface area contributed by atoms with Gasteiger partial charge in [-0.05, 0) is 0 Å². The van der Waals surface area contributed by atoms with Gasteiger partial charge < -0.3 is 0 Å². The molecule has 21 heavy (non-hydrogen) atoms. The van der Waals surface area contributed by atoms with Gasteiger partial charge in [0.15, 0.2) is 0 Å². The van der Waals surface area contributed by atoms with Crippen molar-refractivity contribution >= 4 is 18.4 Å². The summed E-state index contributed by atoms with van der Waals surface area (Å²) >= 11 is -2.57. The Hall–Kier alpha value is 0.679. The molecule has 0 saturated carbocycles. The molecule has 0 radical (unpaired) electrons. The standard InChI is InChI=1S/C5H9O3.3C4H9.Sn/c1-4-5(2,3)7-8-6-4;3*1-3-4-2;/h1-3H3;3*1,3-4H2,2H3;. The van der Waals surface area contributed by atoms with E-state index in [1.807, 2.05) is 0 Å². The molecule has 0 spiro atoms. The molecule has 0 aromatic heterocycles. The molecule has 1 fully saturated rings. The Bertz CT molecular complexity index is 285. The van der Waals surface area contributed by atoms with E-state index in [1.165, 1.54) is 51.8 Å². The first kappa shape index (κ1) is 19.7. The fraction of sp³-hybridized carbons (Fsp3) is 1.00. The van der Waals surface area contributed by atoms with Crippen molar-refractivity contribution < 1.29 is 14.8 Å². The molecule has 0 aromatic rings. The summed E-state index contributed by atoms with van der Waals surface area (Å²) in [5.41, 5.74) is -0.321. The molecule has 1 aliphatic rings. The Morgan fingerprint density at radius 3 is 1.43 bits per heavy atom. The van der Waals surface area contributed by atoms with Gasteiger partial charge in [-0.15, -0.1) is 0 Å². The Morgan fingerprint density at radius 1 is 0.714 bits per heavy atom. The van der Waals surface area contributed by atoms with E-state index in [-0.39, 0.29) is 9.22 Å². The number of unbranched alkanes of at least 4 members (excludes halogenated alkanes) is 3. The predicted molar refractivity (Wildman–Crippen MR) is 90.6 cm³/mol. The first-order chi connectivity index (χ1) is 9.89. The quantitative estimate of drug-likeness (QED) is 0.338. The van der Waals surface area contributed by atoms with Gasteiger partial charge in [-0.1, -0.05) is 0 Å². The second-order valence-corrected chi connectivity index (χ2v) is 21.7. The molecule has 3 nitrogen and oxygen atoms in total. The molecule has 0 amide bonds. The van der Waals surface area contributed by atoms with E-state index in [9.17, 15) is 0 Å². The SMILES string of the molecule is CCC[CH2][Sn]([CH2]CCC)([CH2]CCC)[C]1(C)OOOC1(C)C.